The van der Waals surface area contributed by atoms with Crippen LogP contribution in [0.5, 0.6) is 17.4 Å². The minimum absolute atomic E-state index is 0.167. The number of aliphatic hydroxyl groups excluding tert-OH is 3. The SMILES string of the molecule is COP(=S)(OC)Oc1ccc(Sc2ccc(OP(=S)(OC)OC)cc2)cc1.OC[C@H]1O[C@@H](n2cnc3c(O)ncnc32)[C@H](O)[C@@H]1O. The summed E-state index contributed by atoms with van der Waals surface area (Å²) in [5, 5.41) is 38.2. The summed E-state index contributed by atoms with van der Waals surface area (Å²) in [6.45, 7) is -5.87. The fourth-order valence-corrected chi connectivity index (χ4v) is 6.65. The van der Waals surface area contributed by atoms with Gasteiger partial charge in [0.15, 0.2) is 17.4 Å². The molecule has 1 aliphatic rings. The molecule has 2 aromatic heterocycles. The first-order valence-corrected chi connectivity index (χ1v) is 19.1. The van der Waals surface area contributed by atoms with Gasteiger partial charge in [0.2, 0.25) is 5.88 Å². The lowest BCUT2D eigenvalue weighted by molar-refractivity contribution is -0.0511. The zero-order valence-electron chi connectivity index (χ0n) is 24.8. The second-order valence-electron chi connectivity index (χ2n) is 9.10. The summed E-state index contributed by atoms with van der Waals surface area (Å²) >= 11 is 12.0. The molecule has 1 aliphatic heterocycles. The van der Waals surface area contributed by atoms with Crippen molar-refractivity contribution in [2.24, 2.45) is 0 Å². The standard InChI is InChI=1S/C16H20O6P2S3.C10H12N4O5/c1-17-23(25,18-2)21-13-5-9-15(10-6-13)27-16-11-7-14(8-12-16)22-24(26,19-3)20-4;15-1-4-6(16)7(17)10(19-4)14-3-13-5-8(14)11-2-12-9(5)18/h5-12H,1-4H3;2-4,6-7,10,15-17H,1H2,(H,11,12,18)/t;4-,6-,7-,10-/m.1/s1. The van der Waals surface area contributed by atoms with Crippen LogP contribution in [-0.4, -0.2) is 93.3 Å². The summed E-state index contributed by atoms with van der Waals surface area (Å²) < 4.78 is 38.4. The Morgan fingerprint density at radius 3 is 1.74 bits per heavy atom. The Balaban J connectivity index is 0.000000221. The maximum atomic E-state index is 9.92. The molecule has 5 rings (SSSR count). The monoisotopic (exact) mass is 734 g/mol. The zero-order valence-corrected chi connectivity index (χ0v) is 29.1. The Morgan fingerprint density at radius 1 is 0.804 bits per heavy atom. The molecule has 0 bridgehead atoms. The number of fused-ring (bicyclic) bond motifs is 1. The van der Waals surface area contributed by atoms with Crippen LogP contribution in [0.3, 0.4) is 0 Å². The molecule has 1 fully saturated rings. The molecule has 20 heteroatoms. The van der Waals surface area contributed by atoms with Crippen LogP contribution in [0.25, 0.3) is 11.2 Å². The van der Waals surface area contributed by atoms with Crippen molar-refractivity contribution in [3.63, 3.8) is 0 Å². The van der Waals surface area contributed by atoms with Gasteiger partial charge in [-0.05, 0) is 48.5 Å². The summed E-state index contributed by atoms with van der Waals surface area (Å²) in [7, 11) is 5.89. The fraction of sp³-hybridized carbons (Fsp3) is 0.346. The number of hydrogen-bond donors (Lipinski definition) is 4. The third-order valence-electron chi connectivity index (χ3n) is 6.34. The molecular formula is C26H32N4O11P2S3. The van der Waals surface area contributed by atoms with E-state index >= 15 is 0 Å². The second-order valence-corrected chi connectivity index (χ2v) is 16.5. The van der Waals surface area contributed by atoms with Crippen LogP contribution in [0, 0.1) is 0 Å². The highest BCUT2D eigenvalue weighted by Crippen LogP contribution is 2.49. The number of aliphatic hydroxyl groups is 3. The lowest BCUT2D eigenvalue weighted by atomic mass is 10.1. The molecule has 1 saturated heterocycles. The first-order valence-electron chi connectivity index (χ1n) is 13.2. The number of nitrogens with zero attached hydrogens (tertiary/aromatic N) is 4. The number of ether oxygens (including phenoxy) is 1. The average molecular weight is 735 g/mol. The highest BCUT2D eigenvalue weighted by molar-refractivity contribution is 8.08. The third-order valence-corrected chi connectivity index (χ3v) is 12.3. The molecule has 0 aliphatic carbocycles. The van der Waals surface area contributed by atoms with E-state index < -0.39 is 44.6 Å². The van der Waals surface area contributed by atoms with Gasteiger partial charge in [0.1, 0.15) is 36.1 Å². The van der Waals surface area contributed by atoms with E-state index in [0.29, 0.717) is 11.5 Å². The van der Waals surface area contributed by atoms with Crippen molar-refractivity contribution in [1.29, 1.82) is 0 Å². The van der Waals surface area contributed by atoms with E-state index in [2.05, 4.69) is 15.0 Å². The van der Waals surface area contributed by atoms with E-state index in [0.717, 1.165) is 16.1 Å². The van der Waals surface area contributed by atoms with Gasteiger partial charge in [0, 0.05) is 61.8 Å². The fourth-order valence-electron chi connectivity index (χ4n) is 3.97. The predicted octanol–water partition coefficient (Wildman–Crippen LogP) is 3.77. The molecule has 0 radical (unpaired) electrons. The van der Waals surface area contributed by atoms with Crippen molar-refractivity contribution in [3.05, 3.63) is 61.2 Å². The quantitative estimate of drug-likeness (QED) is 0.154. The van der Waals surface area contributed by atoms with E-state index in [9.17, 15) is 15.3 Å². The lowest BCUT2D eigenvalue weighted by Crippen LogP contribution is -2.33. The molecule has 3 heterocycles. The molecule has 250 valence electrons. The highest BCUT2D eigenvalue weighted by Gasteiger charge is 2.44. The van der Waals surface area contributed by atoms with Crippen LogP contribution in [0.2, 0.25) is 0 Å². The summed E-state index contributed by atoms with van der Waals surface area (Å²) in [6.07, 6.45) is -1.79. The number of benzene rings is 2. The summed E-state index contributed by atoms with van der Waals surface area (Å²) in [4.78, 5) is 13.5. The van der Waals surface area contributed by atoms with Gasteiger partial charge in [0.05, 0.1) is 12.9 Å². The van der Waals surface area contributed by atoms with Crippen molar-refractivity contribution in [2.45, 2.75) is 34.3 Å². The third kappa shape index (κ3) is 8.79. The Bertz CT molecular complexity index is 1600. The van der Waals surface area contributed by atoms with E-state index in [-0.39, 0.29) is 17.0 Å². The van der Waals surface area contributed by atoms with Gasteiger partial charge in [-0.3, -0.25) is 4.57 Å². The molecule has 4 atom stereocenters. The van der Waals surface area contributed by atoms with Crippen LogP contribution >= 0.6 is 25.2 Å². The Labute approximate surface area is 278 Å². The van der Waals surface area contributed by atoms with Crippen LogP contribution in [-0.2, 0) is 46.4 Å². The normalized spacial score (nSPS) is 19.9. The van der Waals surface area contributed by atoms with E-state index in [1.54, 1.807) is 11.8 Å². The van der Waals surface area contributed by atoms with Crippen molar-refractivity contribution < 1.29 is 52.3 Å². The van der Waals surface area contributed by atoms with E-state index in [1.807, 2.05) is 48.5 Å². The molecule has 0 saturated carbocycles. The van der Waals surface area contributed by atoms with Crippen LogP contribution in [0.15, 0.2) is 71.0 Å². The molecule has 2 aromatic carbocycles. The average Bonchev–Trinajstić information content (AvgIpc) is 3.63. The van der Waals surface area contributed by atoms with Crippen LogP contribution in [0.4, 0.5) is 0 Å². The Hall–Kier alpha value is -2.28. The zero-order chi connectivity index (χ0) is 33.5. The number of aromatic hydroxyl groups is 1. The number of aromatic nitrogens is 4. The van der Waals surface area contributed by atoms with Crippen molar-refractivity contribution in [3.8, 4) is 17.4 Å². The minimum atomic E-state index is -2.73. The highest BCUT2D eigenvalue weighted by atomic mass is 32.5. The molecular weight excluding hydrogens is 702 g/mol. The molecule has 4 aromatic rings. The smallest absolute Gasteiger partial charge is 0.380 e. The van der Waals surface area contributed by atoms with E-state index in [4.69, 9.17) is 60.6 Å². The molecule has 0 unspecified atom stereocenters. The first-order chi connectivity index (χ1) is 22.0. The number of rotatable bonds is 12. The first kappa shape index (κ1) is 36.6. The molecule has 15 nitrogen and oxygen atoms in total. The van der Waals surface area contributed by atoms with Gasteiger partial charge < -0.3 is 52.3 Å². The lowest BCUT2D eigenvalue weighted by Gasteiger charge is -2.18. The molecule has 46 heavy (non-hydrogen) atoms. The molecule has 0 amide bonds. The Morgan fingerprint density at radius 2 is 1.30 bits per heavy atom. The van der Waals surface area contributed by atoms with E-state index in [1.165, 1.54) is 39.3 Å². The van der Waals surface area contributed by atoms with Crippen molar-refractivity contribution >= 4 is 60.0 Å². The minimum Gasteiger partial charge on any atom is -0.492 e. The second kappa shape index (κ2) is 16.2. The van der Waals surface area contributed by atoms with Gasteiger partial charge in [-0.25, -0.2) is 9.97 Å². The van der Waals surface area contributed by atoms with Crippen molar-refractivity contribution in [1.82, 2.24) is 19.5 Å². The summed E-state index contributed by atoms with van der Waals surface area (Å²) in [6, 6.07) is 15.0. The van der Waals surface area contributed by atoms with Gasteiger partial charge in [-0.1, -0.05) is 11.8 Å². The molecule has 4 N–H and O–H groups in total. The van der Waals surface area contributed by atoms with Gasteiger partial charge in [-0.2, -0.15) is 4.98 Å². The van der Waals surface area contributed by atoms with Crippen LogP contribution < -0.4 is 9.05 Å². The number of imidazole rings is 1. The summed E-state index contributed by atoms with van der Waals surface area (Å²) in [5.74, 6) is 0.913. The molecule has 0 spiro atoms. The van der Waals surface area contributed by atoms with Crippen LogP contribution in [0.1, 0.15) is 6.23 Å². The Kier molecular flexibility index (Phi) is 12.9. The summed E-state index contributed by atoms with van der Waals surface area (Å²) in [5.41, 5.74) is 0.433. The van der Waals surface area contributed by atoms with Gasteiger partial charge >= 0.3 is 13.4 Å². The predicted molar refractivity (Wildman–Crippen MR) is 175 cm³/mol. The van der Waals surface area contributed by atoms with Gasteiger partial charge in [0.25, 0.3) is 0 Å². The maximum Gasteiger partial charge on any atom is 0.380 e. The maximum absolute atomic E-state index is 9.92. The van der Waals surface area contributed by atoms with Crippen molar-refractivity contribution in [2.75, 3.05) is 35.0 Å². The largest absolute Gasteiger partial charge is 0.492 e. The number of hydrogen-bond acceptors (Lipinski definition) is 17. The van der Waals surface area contributed by atoms with Gasteiger partial charge in [-0.15, -0.1) is 0 Å². The topological polar surface area (TPSA) is 189 Å².